The van der Waals surface area contributed by atoms with Crippen LogP contribution in [0.2, 0.25) is 0 Å². The Morgan fingerprint density at radius 2 is 1.57 bits per heavy atom. The molecular formula is C18H16BrNO. The zero-order chi connectivity index (χ0) is 14.8. The van der Waals surface area contributed by atoms with Crippen molar-refractivity contribution in [3.8, 4) is 5.75 Å². The minimum absolute atomic E-state index is 0.158. The van der Waals surface area contributed by atoms with Crippen LogP contribution in [0.15, 0.2) is 65.1 Å². The van der Waals surface area contributed by atoms with Gasteiger partial charge in [-0.15, -0.1) is 0 Å². The van der Waals surface area contributed by atoms with Gasteiger partial charge >= 0.3 is 0 Å². The van der Waals surface area contributed by atoms with E-state index < -0.39 is 0 Å². The van der Waals surface area contributed by atoms with Crippen LogP contribution in [-0.2, 0) is 0 Å². The molecule has 106 valence electrons. The van der Waals surface area contributed by atoms with Crippen molar-refractivity contribution in [2.45, 2.75) is 6.04 Å². The third-order valence-corrected chi connectivity index (χ3v) is 4.23. The molecule has 1 atom stereocenters. The van der Waals surface area contributed by atoms with Crippen molar-refractivity contribution in [1.82, 2.24) is 0 Å². The van der Waals surface area contributed by atoms with Gasteiger partial charge in [0.05, 0.1) is 13.2 Å². The quantitative estimate of drug-likeness (QED) is 0.751. The lowest BCUT2D eigenvalue weighted by Gasteiger charge is -2.17. The number of benzene rings is 3. The maximum atomic E-state index is 6.47. The van der Waals surface area contributed by atoms with Crippen molar-refractivity contribution >= 4 is 26.7 Å². The lowest BCUT2D eigenvalue weighted by Crippen LogP contribution is -2.12. The Balaban J connectivity index is 2.14. The fraction of sp³-hybridized carbons (Fsp3) is 0.111. The molecule has 0 heterocycles. The minimum Gasteiger partial charge on any atom is -0.496 e. The molecule has 2 nitrogen and oxygen atoms in total. The summed E-state index contributed by atoms with van der Waals surface area (Å²) in [4.78, 5) is 0. The second-order valence-corrected chi connectivity index (χ2v) is 5.85. The maximum absolute atomic E-state index is 6.47. The van der Waals surface area contributed by atoms with Crippen LogP contribution in [0.1, 0.15) is 17.2 Å². The van der Waals surface area contributed by atoms with E-state index >= 15 is 0 Å². The van der Waals surface area contributed by atoms with Gasteiger partial charge in [0.15, 0.2) is 0 Å². The van der Waals surface area contributed by atoms with Gasteiger partial charge in [0.2, 0.25) is 0 Å². The largest absolute Gasteiger partial charge is 0.496 e. The first kappa shape index (κ1) is 14.1. The lowest BCUT2D eigenvalue weighted by molar-refractivity contribution is 0.419. The van der Waals surface area contributed by atoms with Gasteiger partial charge in [-0.05, 0) is 34.7 Å². The summed E-state index contributed by atoms with van der Waals surface area (Å²) in [7, 11) is 1.69. The van der Waals surface area contributed by atoms with E-state index in [0.717, 1.165) is 32.1 Å². The number of methoxy groups -OCH3 is 1. The van der Waals surface area contributed by atoms with Gasteiger partial charge in [-0.25, -0.2) is 0 Å². The molecule has 3 aromatic carbocycles. The number of halogens is 1. The molecule has 0 amide bonds. The van der Waals surface area contributed by atoms with Gasteiger partial charge in [-0.1, -0.05) is 58.4 Å². The third-order valence-electron chi connectivity index (χ3n) is 3.70. The van der Waals surface area contributed by atoms with Crippen LogP contribution in [0.3, 0.4) is 0 Å². The minimum atomic E-state index is -0.158. The van der Waals surface area contributed by atoms with Crippen LogP contribution in [-0.4, -0.2) is 7.11 Å². The number of hydrogen-bond acceptors (Lipinski definition) is 2. The summed E-state index contributed by atoms with van der Waals surface area (Å²) in [5.41, 5.74) is 8.66. The number of ether oxygens (including phenoxy) is 1. The number of rotatable bonds is 3. The Labute approximate surface area is 132 Å². The van der Waals surface area contributed by atoms with Gasteiger partial charge in [-0.2, -0.15) is 0 Å². The molecule has 0 saturated heterocycles. The highest BCUT2D eigenvalue weighted by Crippen LogP contribution is 2.33. The Morgan fingerprint density at radius 1 is 0.905 bits per heavy atom. The van der Waals surface area contributed by atoms with Crippen molar-refractivity contribution in [3.05, 3.63) is 76.3 Å². The molecule has 3 heteroatoms. The Hall–Kier alpha value is -1.84. The van der Waals surface area contributed by atoms with Gasteiger partial charge in [0.1, 0.15) is 5.75 Å². The lowest BCUT2D eigenvalue weighted by atomic mass is 9.94. The highest BCUT2D eigenvalue weighted by Gasteiger charge is 2.14. The number of hydrogen-bond donors (Lipinski definition) is 1. The normalized spacial score (nSPS) is 12.3. The zero-order valence-electron chi connectivity index (χ0n) is 11.7. The molecule has 3 rings (SSSR count). The second kappa shape index (κ2) is 5.88. The molecule has 0 aliphatic carbocycles. The van der Waals surface area contributed by atoms with Gasteiger partial charge in [-0.3, -0.25) is 0 Å². The highest BCUT2D eigenvalue weighted by atomic mass is 79.9. The molecule has 2 N–H and O–H groups in total. The predicted molar refractivity (Wildman–Crippen MR) is 90.7 cm³/mol. The van der Waals surface area contributed by atoms with Gasteiger partial charge in [0, 0.05) is 9.86 Å². The smallest absolute Gasteiger partial charge is 0.126 e. The molecule has 0 spiro atoms. The monoisotopic (exact) mass is 341 g/mol. The van der Waals surface area contributed by atoms with Crippen LogP contribution < -0.4 is 10.5 Å². The molecule has 0 fully saturated rings. The first-order valence-corrected chi connectivity index (χ1v) is 7.56. The summed E-state index contributed by atoms with van der Waals surface area (Å²) < 4.78 is 6.49. The first-order valence-electron chi connectivity index (χ1n) is 6.77. The fourth-order valence-electron chi connectivity index (χ4n) is 2.59. The van der Waals surface area contributed by atoms with Crippen molar-refractivity contribution in [2.75, 3.05) is 7.11 Å². The Morgan fingerprint density at radius 3 is 2.24 bits per heavy atom. The van der Waals surface area contributed by atoms with E-state index in [2.05, 4.69) is 28.1 Å². The first-order chi connectivity index (χ1) is 10.2. The van der Waals surface area contributed by atoms with Crippen LogP contribution in [0.25, 0.3) is 10.8 Å². The zero-order valence-corrected chi connectivity index (χ0v) is 13.3. The molecule has 0 aromatic heterocycles. The standard InChI is InChI=1S/C18H16BrNO/c1-21-17-11-10-16(14-4-2-3-5-15(14)17)18(20)12-6-8-13(19)9-7-12/h2-11,18H,20H2,1H3. The van der Waals surface area contributed by atoms with E-state index in [9.17, 15) is 0 Å². The third kappa shape index (κ3) is 2.67. The molecule has 1 unspecified atom stereocenters. The van der Waals surface area contributed by atoms with E-state index in [1.54, 1.807) is 7.11 Å². The Kier molecular flexibility index (Phi) is 3.95. The summed E-state index contributed by atoms with van der Waals surface area (Å²) >= 11 is 3.45. The van der Waals surface area contributed by atoms with Crippen LogP contribution in [0, 0.1) is 0 Å². The predicted octanol–water partition coefficient (Wildman–Crippen LogP) is 4.66. The van der Waals surface area contributed by atoms with Gasteiger partial charge < -0.3 is 10.5 Å². The highest BCUT2D eigenvalue weighted by molar-refractivity contribution is 9.10. The van der Waals surface area contributed by atoms with Crippen molar-refractivity contribution in [1.29, 1.82) is 0 Å². The van der Waals surface area contributed by atoms with E-state index in [0.29, 0.717) is 0 Å². The van der Waals surface area contributed by atoms with Crippen molar-refractivity contribution < 1.29 is 4.74 Å². The van der Waals surface area contributed by atoms with E-state index in [1.165, 1.54) is 0 Å². The molecular weight excluding hydrogens is 326 g/mol. The molecule has 0 aliphatic rings. The van der Waals surface area contributed by atoms with Crippen molar-refractivity contribution in [3.63, 3.8) is 0 Å². The van der Waals surface area contributed by atoms with E-state index in [-0.39, 0.29) is 6.04 Å². The topological polar surface area (TPSA) is 35.2 Å². The summed E-state index contributed by atoms with van der Waals surface area (Å²) in [5.74, 6) is 0.873. The van der Waals surface area contributed by atoms with E-state index in [4.69, 9.17) is 10.5 Å². The van der Waals surface area contributed by atoms with Crippen molar-refractivity contribution in [2.24, 2.45) is 5.73 Å². The second-order valence-electron chi connectivity index (χ2n) is 4.93. The summed E-state index contributed by atoms with van der Waals surface area (Å²) in [6.07, 6.45) is 0. The molecule has 0 saturated carbocycles. The average Bonchev–Trinajstić information content (AvgIpc) is 2.54. The van der Waals surface area contributed by atoms with Crippen LogP contribution >= 0.6 is 15.9 Å². The number of nitrogens with two attached hydrogens (primary N) is 1. The average molecular weight is 342 g/mol. The molecule has 21 heavy (non-hydrogen) atoms. The summed E-state index contributed by atoms with van der Waals surface area (Å²) in [6, 6.07) is 20.2. The molecule has 0 aliphatic heterocycles. The maximum Gasteiger partial charge on any atom is 0.126 e. The van der Waals surface area contributed by atoms with Crippen LogP contribution in [0.5, 0.6) is 5.75 Å². The molecule has 3 aromatic rings. The number of fused-ring (bicyclic) bond motifs is 1. The Bertz CT molecular complexity index is 768. The summed E-state index contributed by atoms with van der Waals surface area (Å²) in [6.45, 7) is 0. The summed E-state index contributed by atoms with van der Waals surface area (Å²) in [5, 5.41) is 2.22. The fourth-order valence-corrected chi connectivity index (χ4v) is 2.86. The molecule has 0 radical (unpaired) electrons. The SMILES string of the molecule is COc1ccc(C(N)c2ccc(Br)cc2)c2ccccc12. The van der Waals surface area contributed by atoms with E-state index in [1.807, 2.05) is 48.5 Å². The van der Waals surface area contributed by atoms with Gasteiger partial charge in [0.25, 0.3) is 0 Å². The van der Waals surface area contributed by atoms with Crippen LogP contribution in [0.4, 0.5) is 0 Å². The molecule has 0 bridgehead atoms.